The van der Waals surface area contributed by atoms with E-state index in [0.717, 1.165) is 5.56 Å². The number of anilines is 1. The number of aryl methyl sites for hydroxylation is 1. The van der Waals surface area contributed by atoms with Gasteiger partial charge >= 0.3 is 0 Å². The molecule has 1 atom stereocenters. The van der Waals surface area contributed by atoms with Crippen molar-refractivity contribution in [1.82, 2.24) is 5.32 Å². The predicted octanol–water partition coefficient (Wildman–Crippen LogP) is 1.12. The summed E-state index contributed by atoms with van der Waals surface area (Å²) in [4.78, 5) is 33.3. The Balaban J connectivity index is 2.17. The van der Waals surface area contributed by atoms with E-state index in [9.17, 15) is 19.7 Å². The lowest BCUT2D eigenvalue weighted by Crippen LogP contribution is -2.37. The Kier molecular flexibility index (Phi) is 3.46. The minimum atomic E-state index is -0.617. The summed E-state index contributed by atoms with van der Waals surface area (Å²) in [5.74, 6) is -0.614. The number of hydrogen-bond acceptors (Lipinski definition) is 4. The average molecular weight is 263 g/mol. The van der Waals surface area contributed by atoms with E-state index in [1.807, 2.05) is 0 Å². The molecule has 1 aliphatic heterocycles. The molecule has 0 aromatic heterocycles. The summed E-state index contributed by atoms with van der Waals surface area (Å²) in [6, 6.07) is 3.94. The molecule has 2 rings (SSSR count). The van der Waals surface area contributed by atoms with Gasteiger partial charge in [0, 0.05) is 12.5 Å². The monoisotopic (exact) mass is 263 g/mol. The van der Waals surface area contributed by atoms with Gasteiger partial charge in [0.25, 0.3) is 5.69 Å². The Morgan fingerprint density at radius 1 is 1.53 bits per heavy atom. The van der Waals surface area contributed by atoms with Crippen LogP contribution in [0.15, 0.2) is 18.2 Å². The lowest BCUT2D eigenvalue weighted by Gasteiger charge is -2.11. The number of nitrogens with one attached hydrogen (secondary N) is 2. The molecule has 0 bridgehead atoms. The van der Waals surface area contributed by atoms with Crippen LogP contribution in [0.25, 0.3) is 0 Å². The number of carbonyl (C=O) groups is 2. The van der Waals surface area contributed by atoms with Gasteiger partial charge in [-0.25, -0.2) is 0 Å². The summed E-state index contributed by atoms with van der Waals surface area (Å²) in [7, 11) is 0. The average Bonchev–Trinajstić information content (AvgIpc) is 2.78. The molecule has 1 unspecified atom stereocenters. The van der Waals surface area contributed by atoms with Crippen LogP contribution in [0.1, 0.15) is 18.4 Å². The maximum absolute atomic E-state index is 11.9. The number of carbonyl (C=O) groups excluding carboxylic acids is 2. The van der Waals surface area contributed by atoms with Gasteiger partial charge < -0.3 is 10.6 Å². The Bertz CT molecular complexity index is 556. The van der Waals surface area contributed by atoms with Crippen molar-refractivity contribution in [2.45, 2.75) is 25.8 Å². The van der Waals surface area contributed by atoms with E-state index >= 15 is 0 Å². The van der Waals surface area contributed by atoms with Crippen molar-refractivity contribution in [1.29, 1.82) is 0 Å². The first-order valence-electron chi connectivity index (χ1n) is 5.82. The molecule has 0 saturated carbocycles. The molecule has 100 valence electrons. The van der Waals surface area contributed by atoms with E-state index < -0.39 is 16.9 Å². The topological polar surface area (TPSA) is 101 Å². The normalized spacial score (nSPS) is 17.9. The molecule has 1 heterocycles. The molecule has 7 nitrogen and oxygen atoms in total. The van der Waals surface area contributed by atoms with Crippen LogP contribution in [0, 0.1) is 17.0 Å². The number of hydrogen-bond donors (Lipinski definition) is 2. The number of rotatable bonds is 3. The Labute approximate surface area is 109 Å². The highest BCUT2D eigenvalue weighted by molar-refractivity contribution is 6.00. The van der Waals surface area contributed by atoms with Gasteiger partial charge in [-0.15, -0.1) is 0 Å². The van der Waals surface area contributed by atoms with Crippen molar-refractivity contribution in [3.05, 3.63) is 33.9 Å². The number of nitro groups is 1. The number of benzene rings is 1. The molecule has 1 fully saturated rings. The highest BCUT2D eigenvalue weighted by Gasteiger charge is 2.28. The van der Waals surface area contributed by atoms with Crippen LogP contribution in [0.3, 0.4) is 0 Å². The minimum Gasteiger partial charge on any atom is -0.344 e. The van der Waals surface area contributed by atoms with E-state index in [0.29, 0.717) is 12.8 Å². The fraction of sp³-hybridized carbons (Fsp3) is 0.333. The van der Waals surface area contributed by atoms with Gasteiger partial charge in [-0.3, -0.25) is 19.7 Å². The molecule has 2 amide bonds. The Morgan fingerprint density at radius 3 is 2.84 bits per heavy atom. The molecule has 1 aliphatic rings. The first-order valence-corrected chi connectivity index (χ1v) is 5.82. The fourth-order valence-corrected chi connectivity index (χ4v) is 1.93. The van der Waals surface area contributed by atoms with E-state index in [-0.39, 0.29) is 17.3 Å². The molecule has 7 heteroatoms. The summed E-state index contributed by atoms with van der Waals surface area (Å²) >= 11 is 0. The molecule has 0 aliphatic carbocycles. The summed E-state index contributed by atoms with van der Waals surface area (Å²) in [6.45, 7) is 1.73. The van der Waals surface area contributed by atoms with Crippen molar-refractivity contribution in [2.24, 2.45) is 0 Å². The van der Waals surface area contributed by atoms with Gasteiger partial charge in [-0.2, -0.15) is 0 Å². The highest BCUT2D eigenvalue weighted by Crippen LogP contribution is 2.25. The molecule has 0 radical (unpaired) electrons. The third kappa shape index (κ3) is 2.87. The van der Waals surface area contributed by atoms with Crippen molar-refractivity contribution in [3.63, 3.8) is 0 Å². The second-order valence-corrected chi connectivity index (χ2v) is 4.43. The van der Waals surface area contributed by atoms with Crippen LogP contribution in [0.5, 0.6) is 0 Å². The smallest absolute Gasteiger partial charge is 0.293 e. The molecule has 1 saturated heterocycles. The Morgan fingerprint density at radius 2 is 2.26 bits per heavy atom. The minimum absolute atomic E-state index is 0.141. The number of nitrogens with zero attached hydrogens (tertiary/aromatic N) is 1. The van der Waals surface area contributed by atoms with Gasteiger partial charge in [0.15, 0.2) is 0 Å². The van der Waals surface area contributed by atoms with Crippen molar-refractivity contribution in [2.75, 3.05) is 5.32 Å². The molecular formula is C12H13N3O4. The maximum atomic E-state index is 11.9. The van der Waals surface area contributed by atoms with Crippen LogP contribution in [0.2, 0.25) is 0 Å². The first kappa shape index (κ1) is 13.0. The van der Waals surface area contributed by atoms with Crippen LogP contribution in [-0.4, -0.2) is 22.8 Å². The summed E-state index contributed by atoms with van der Waals surface area (Å²) in [5, 5.41) is 15.9. The Hall–Kier alpha value is -2.44. The maximum Gasteiger partial charge on any atom is 0.293 e. The van der Waals surface area contributed by atoms with E-state index in [1.54, 1.807) is 13.0 Å². The van der Waals surface area contributed by atoms with Crippen molar-refractivity contribution >= 4 is 23.2 Å². The SMILES string of the molecule is Cc1ccc(NC(=O)C2CCC(=O)N2)c([N+](=O)[O-])c1. The summed E-state index contributed by atoms with van der Waals surface area (Å²) in [6.07, 6.45) is 0.707. The quantitative estimate of drug-likeness (QED) is 0.630. The number of amides is 2. The van der Waals surface area contributed by atoms with Crippen LogP contribution < -0.4 is 10.6 Å². The standard InChI is InChI=1S/C12H13N3O4/c1-7-2-3-8(10(6-7)15(18)19)14-12(17)9-4-5-11(16)13-9/h2-3,6,9H,4-5H2,1H3,(H,13,16)(H,14,17). The van der Waals surface area contributed by atoms with Gasteiger partial charge in [-0.05, 0) is 25.0 Å². The van der Waals surface area contributed by atoms with E-state index in [4.69, 9.17) is 0 Å². The van der Waals surface area contributed by atoms with Gasteiger partial charge in [0.05, 0.1) is 4.92 Å². The number of nitro benzene ring substituents is 1. The highest BCUT2D eigenvalue weighted by atomic mass is 16.6. The fourth-order valence-electron chi connectivity index (χ4n) is 1.93. The third-order valence-electron chi connectivity index (χ3n) is 2.92. The summed E-state index contributed by atoms with van der Waals surface area (Å²) in [5.41, 5.74) is 0.721. The lowest BCUT2D eigenvalue weighted by molar-refractivity contribution is -0.384. The van der Waals surface area contributed by atoms with E-state index in [2.05, 4.69) is 10.6 Å². The van der Waals surface area contributed by atoms with Crippen LogP contribution in [-0.2, 0) is 9.59 Å². The lowest BCUT2D eigenvalue weighted by atomic mass is 10.1. The summed E-state index contributed by atoms with van der Waals surface area (Å²) < 4.78 is 0. The first-order chi connectivity index (χ1) is 8.97. The van der Waals surface area contributed by atoms with Crippen molar-refractivity contribution in [3.8, 4) is 0 Å². The van der Waals surface area contributed by atoms with Crippen LogP contribution >= 0.6 is 0 Å². The second-order valence-electron chi connectivity index (χ2n) is 4.43. The zero-order valence-electron chi connectivity index (χ0n) is 10.3. The van der Waals surface area contributed by atoms with Crippen LogP contribution in [0.4, 0.5) is 11.4 Å². The zero-order chi connectivity index (χ0) is 14.0. The van der Waals surface area contributed by atoms with Gasteiger partial charge in [-0.1, -0.05) is 6.07 Å². The molecule has 0 spiro atoms. The van der Waals surface area contributed by atoms with Gasteiger partial charge in [0.2, 0.25) is 11.8 Å². The molecule has 2 N–H and O–H groups in total. The zero-order valence-corrected chi connectivity index (χ0v) is 10.3. The second kappa shape index (κ2) is 5.05. The molecule has 1 aromatic carbocycles. The third-order valence-corrected chi connectivity index (χ3v) is 2.92. The molecular weight excluding hydrogens is 250 g/mol. The molecule has 19 heavy (non-hydrogen) atoms. The molecule has 1 aromatic rings. The van der Waals surface area contributed by atoms with Crippen molar-refractivity contribution < 1.29 is 14.5 Å². The largest absolute Gasteiger partial charge is 0.344 e. The van der Waals surface area contributed by atoms with Gasteiger partial charge in [0.1, 0.15) is 11.7 Å². The van der Waals surface area contributed by atoms with E-state index in [1.165, 1.54) is 12.1 Å². The predicted molar refractivity (Wildman–Crippen MR) is 67.6 cm³/mol.